The lowest BCUT2D eigenvalue weighted by molar-refractivity contribution is 0.0954. The van der Waals surface area contributed by atoms with Crippen molar-refractivity contribution in [1.82, 2.24) is 10.3 Å². The Morgan fingerprint density at radius 2 is 1.68 bits per heavy atom. The van der Waals surface area contributed by atoms with E-state index in [1.807, 2.05) is 43.3 Å². The fraction of sp³-hybridized carbons (Fsp3) is 0.150. The number of hydrogen-bond acceptors (Lipinski definition) is 4. The Bertz CT molecular complexity index is 984. The molecule has 28 heavy (non-hydrogen) atoms. The van der Waals surface area contributed by atoms with Crippen molar-refractivity contribution in [3.05, 3.63) is 75.3 Å². The van der Waals surface area contributed by atoms with Gasteiger partial charge in [-0.3, -0.25) is 10.1 Å². The van der Waals surface area contributed by atoms with Gasteiger partial charge in [0, 0.05) is 17.3 Å². The minimum absolute atomic E-state index is 0.239. The van der Waals surface area contributed by atoms with Crippen LogP contribution in [0.2, 0.25) is 5.02 Å². The second-order valence-corrected chi connectivity index (χ2v) is 7.62. The molecule has 6 nitrogen and oxygen atoms in total. The Balaban J connectivity index is 1.58. The van der Waals surface area contributed by atoms with Crippen LogP contribution in [0.4, 0.5) is 15.6 Å². The maximum atomic E-state index is 12.4. The Kier molecular flexibility index (Phi) is 6.28. The number of amides is 3. The van der Waals surface area contributed by atoms with Crippen molar-refractivity contribution in [2.24, 2.45) is 0 Å². The van der Waals surface area contributed by atoms with Gasteiger partial charge in [-0.05, 0) is 43.7 Å². The summed E-state index contributed by atoms with van der Waals surface area (Å²) >= 11 is 6.99. The van der Waals surface area contributed by atoms with E-state index in [-0.39, 0.29) is 5.91 Å². The third kappa shape index (κ3) is 5.31. The third-order valence-electron chi connectivity index (χ3n) is 3.90. The van der Waals surface area contributed by atoms with E-state index in [2.05, 4.69) is 20.9 Å². The van der Waals surface area contributed by atoms with Crippen LogP contribution >= 0.6 is 22.9 Å². The normalized spacial score (nSPS) is 10.4. The molecule has 8 heteroatoms. The molecule has 0 atom stereocenters. The molecule has 0 bridgehead atoms. The number of nitrogens with zero attached hydrogens (tertiary/aromatic N) is 1. The third-order valence-corrected chi connectivity index (χ3v) is 5.22. The number of carbonyl (C=O) groups is 2. The molecule has 0 saturated carbocycles. The van der Waals surface area contributed by atoms with Gasteiger partial charge in [0.05, 0.1) is 5.69 Å². The molecule has 0 fully saturated rings. The number of hydrogen-bond donors (Lipinski definition) is 3. The highest BCUT2D eigenvalue weighted by Gasteiger charge is 2.16. The topological polar surface area (TPSA) is 83.1 Å². The largest absolute Gasteiger partial charge is 0.347 e. The Morgan fingerprint density at radius 1 is 1.00 bits per heavy atom. The van der Waals surface area contributed by atoms with E-state index in [0.717, 1.165) is 22.5 Å². The van der Waals surface area contributed by atoms with Crippen LogP contribution in [0.25, 0.3) is 0 Å². The fourth-order valence-corrected chi connectivity index (χ4v) is 3.43. The summed E-state index contributed by atoms with van der Waals surface area (Å²) in [5.41, 5.74) is 3.29. The molecule has 0 saturated heterocycles. The van der Waals surface area contributed by atoms with E-state index >= 15 is 0 Å². The number of carbonyl (C=O) groups excluding carboxylic acids is 2. The Hall–Kier alpha value is -2.90. The molecule has 0 aliphatic heterocycles. The summed E-state index contributed by atoms with van der Waals surface area (Å²) in [6.07, 6.45) is 0. The van der Waals surface area contributed by atoms with Gasteiger partial charge in [-0.1, -0.05) is 52.8 Å². The molecule has 0 aliphatic rings. The van der Waals surface area contributed by atoms with Gasteiger partial charge >= 0.3 is 6.03 Å². The average Bonchev–Trinajstić information content (AvgIpc) is 3.03. The number of halogens is 1. The number of anilines is 2. The molecular formula is C20H19ClN4O2S. The summed E-state index contributed by atoms with van der Waals surface area (Å²) in [6, 6.07) is 14.3. The molecule has 1 heterocycles. The fourth-order valence-electron chi connectivity index (χ4n) is 2.42. The lowest BCUT2D eigenvalue weighted by Crippen LogP contribution is -2.22. The summed E-state index contributed by atoms with van der Waals surface area (Å²) in [6.45, 7) is 4.09. The van der Waals surface area contributed by atoms with Crippen LogP contribution < -0.4 is 16.0 Å². The highest BCUT2D eigenvalue weighted by molar-refractivity contribution is 7.17. The van der Waals surface area contributed by atoms with Crippen molar-refractivity contribution < 1.29 is 9.59 Å². The molecule has 0 unspecified atom stereocenters. The van der Waals surface area contributed by atoms with Crippen molar-refractivity contribution in [3.8, 4) is 0 Å². The number of rotatable bonds is 5. The van der Waals surface area contributed by atoms with Crippen LogP contribution in [-0.2, 0) is 6.54 Å². The van der Waals surface area contributed by atoms with E-state index in [1.165, 1.54) is 0 Å². The van der Waals surface area contributed by atoms with Gasteiger partial charge in [0.1, 0.15) is 4.88 Å². The van der Waals surface area contributed by atoms with Gasteiger partial charge in [0.25, 0.3) is 5.91 Å². The molecule has 3 aromatic rings. The standard InChI is InChI=1S/C20H19ClN4O2S/c1-12-3-9-16(10-4-12)24-19(27)25-20-23-13(2)17(28-20)18(26)22-11-14-5-7-15(21)8-6-14/h3-10H,11H2,1-2H3,(H,22,26)(H2,23,24,25,27). The highest BCUT2D eigenvalue weighted by atomic mass is 35.5. The summed E-state index contributed by atoms with van der Waals surface area (Å²) in [5.74, 6) is -0.239. The molecule has 0 radical (unpaired) electrons. The highest BCUT2D eigenvalue weighted by Crippen LogP contribution is 2.23. The number of aryl methyl sites for hydroxylation is 2. The molecule has 0 spiro atoms. The molecule has 1 aromatic heterocycles. The monoisotopic (exact) mass is 414 g/mol. The first-order valence-electron chi connectivity index (χ1n) is 8.55. The van der Waals surface area contributed by atoms with Crippen molar-refractivity contribution in [2.75, 3.05) is 10.6 Å². The lowest BCUT2D eigenvalue weighted by atomic mass is 10.2. The van der Waals surface area contributed by atoms with Crippen LogP contribution in [0.15, 0.2) is 48.5 Å². The van der Waals surface area contributed by atoms with Gasteiger partial charge < -0.3 is 10.6 Å². The second-order valence-electron chi connectivity index (χ2n) is 6.19. The zero-order valence-corrected chi connectivity index (χ0v) is 16.9. The summed E-state index contributed by atoms with van der Waals surface area (Å²) in [5, 5.41) is 9.25. The van der Waals surface area contributed by atoms with E-state index in [9.17, 15) is 9.59 Å². The summed E-state index contributed by atoms with van der Waals surface area (Å²) in [4.78, 5) is 29.3. The van der Waals surface area contributed by atoms with Gasteiger partial charge in [-0.15, -0.1) is 0 Å². The number of benzene rings is 2. The maximum absolute atomic E-state index is 12.4. The second kappa shape index (κ2) is 8.86. The molecule has 3 N–H and O–H groups in total. The van der Waals surface area contributed by atoms with Crippen molar-refractivity contribution in [2.45, 2.75) is 20.4 Å². The molecule has 144 valence electrons. The first kappa shape index (κ1) is 19.9. The van der Waals surface area contributed by atoms with Crippen molar-refractivity contribution >= 4 is 45.7 Å². The number of nitrogens with one attached hydrogen (secondary N) is 3. The van der Waals surface area contributed by atoms with Gasteiger partial charge in [0.2, 0.25) is 0 Å². The predicted molar refractivity (Wildman–Crippen MR) is 113 cm³/mol. The molecule has 3 amide bonds. The number of urea groups is 1. The Labute approximate surface area is 172 Å². The first-order valence-corrected chi connectivity index (χ1v) is 9.75. The minimum atomic E-state index is -0.411. The lowest BCUT2D eigenvalue weighted by Gasteiger charge is -2.05. The molecular weight excluding hydrogens is 396 g/mol. The zero-order valence-electron chi connectivity index (χ0n) is 15.4. The molecule has 3 rings (SSSR count). The minimum Gasteiger partial charge on any atom is -0.347 e. The smallest absolute Gasteiger partial charge is 0.325 e. The molecule has 0 aliphatic carbocycles. The maximum Gasteiger partial charge on any atom is 0.325 e. The first-order chi connectivity index (χ1) is 13.4. The van der Waals surface area contributed by atoms with Crippen molar-refractivity contribution in [1.29, 1.82) is 0 Å². The summed E-state index contributed by atoms with van der Waals surface area (Å²) in [7, 11) is 0. The van der Waals surface area contributed by atoms with Crippen LogP contribution in [0, 0.1) is 13.8 Å². The number of aromatic nitrogens is 1. The Morgan fingerprint density at radius 3 is 2.36 bits per heavy atom. The predicted octanol–water partition coefficient (Wildman–Crippen LogP) is 4.99. The molecule has 2 aromatic carbocycles. The number of thiazole rings is 1. The average molecular weight is 415 g/mol. The van der Waals surface area contributed by atoms with E-state index in [1.54, 1.807) is 19.1 Å². The van der Waals surface area contributed by atoms with Gasteiger partial charge in [-0.25, -0.2) is 9.78 Å². The van der Waals surface area contributed by atoms with Crippen LogP contribution in [0.1, 0.15) is 26.5 Å². The van der Waals surface area contributed by atoms with E-state index in [4.69, 9.17) is 11.6 Å². The van der Waals surface area contributed by atoms with Gasteiger partial charge in [0.15, 0.2) is 5.13 Å². The van der Waals surface area contributed by atoms with E-state index < -0.39 is 6.03 Å². The zero-order chi connectivity index (χ0) is 20.1. The van der Waals surface area contributed by atoms with E-state index in [0.29, 0.717) is 33.0 Å². The van der Waals surface area contributed by atoms with Crippen LogP contribution in [-0.4, -0.2) is 16.9 Å². The SMILES string of the molecule is Cc1ccc(NC(=O)Nc2nc(C)c(C(=O)NCc3ccc(Cl)cc3)s2)cc1. The van der Waals surface area contributed by atoms with Crippen LogP contribution in [0.3, 0.4) is 0 Å². The van der Waals surface area contributed by atoms with Gasteiger partial charge in [-0.2, -0.15) is 0 Å². The quantitative estimate of drug-likeness (QED) is 0.550. The summed E-state index contributed by atoms with van der Waals surface area (Å²) < 4.78 is 0. The van der Waals surface area contributed by atoms with Crippen molar-refractivity contribution in [3.63, 3.8) is 0 Å². The van der Waals surface area contributed by atoms with Crippen LogP contribution in [0.5, 0.6) is 0 Å².